The average molecular weight is 379 g/mol. The molecule has 1 amide bonds. The number of imidazole rings is 1. The number of ether oxygens (including phenoxy) is 2. The molecule has 0 bridgehead atoms. The number of carbonyl (C=O) groups excluding carboxylic acids is 1. The van der Waals surface area contributed by atoms with E-state index in [0.29, 0.717) is 26.0 Å². The molecule has 1 unspecified atom stereocenters. The Balaban J connectivity index is 1.19. The molecule has 2 heterocycles. The standard InChI is InChI=1S/C22H25N3O3/c26-22(12-11-21-24-19-5-1-2-6-20(19)25-21)23-14-16-7-9-17(10-8-16)28-15-18-4-3-13-27-18/h1-2,5-10,18H,3-4,11-15H2,(H,23,26)(H,24,25). The minimum Gasteiger partial charge on any atom is -0.491 e. The smallest absolute Gasteiger partial charge is 0.220 e. The van der Waals surface area contributed by atoms with E-state index in [9.17, 15) is 4.79 Å². The largest absolute Gasteiger partial charge is 0.491 e. The number of benzene rings is 2. The number of nitrogens with one attached hydrogen (secondary N) is 2. The average Bonchev–Trinajstić information content (AvgIpc) is 3.39. The molecule has 1 aliphatic heterocycles. The van der Waals surface area contributed by atoms with Gasteiger partial charge in [-0.15, -0.1) is 0 Å². The highest BCUT2D eigenvalue weighted by atomic mass is 16.5. The topological polar surface area (TPSA) is 76.2 Å². The van der Waals surface area contributed by atoms with Crippen LogP contribution in [0.3, 0.4) is 0 Å². The number of carbonyl (C=O) groups is 1. The molecule has 2 N–H and O–H groups in total. The summed E-state index contributed by atoms with van der Waals surface area (Å²) in [5, 5.41) is 2.96. The Hall–Kier alpha value is -2.86. The van der Waals surface area contributed by atoms with E-state index in [1.165, 1.54) is 0 Å². The van der Waals surface area contributed by atoms with E-state index < -0.39 is 0 Å². The number of aromatic amines is 1. The van der Waals surface area contributed by atoms with Gasteiger partial charge in [-0.1, -0.05) is 24.3 Å². The lowest BCUT2D eigenvalue weighted by Gasteiger charge is -2.12. The van der Waals surface area contributed by atoms with Gasteiger partial charge in [-0.2, -0.15) is 0 Å². The fourth-order valence-electron chi connectivity index (χ4n) is 3.31. The lowest BCUT2D eigenvalue weighted by Crippen LogP contribution is -2.23. The summed E-state index contributed by atoms with van der Waals surface area (Å²) in [6.07, 6.45) is 3.39. The van der Waals surface area contributed by atoms with Gasteiger partial charge in [-0.3, -0.25) is 4.79 Å². The highest BCUT2D eigenvalue weighted by Crippen LogP contribution is 2.17. The third kappa shape index (κ3) is 4.89. The Labute approximate surface area is 164 Å². The van der Waals surface area contributed by atoms with E-state index in [1.54, 1.807) is 0 Å². The van der Waals surface area contributed by atoms with Crippen LogP contribution in [-0.4, -0.2) is 35.2 Å². The minimum absolute atomic E-state index is 0.0131. The number of hydrogen-bond acceptors (Lipinski definition) is 4. The van der Waals surface area contributed by atoms with Crippen molar-refractivity contribution >= 4 is 16.9 Å². The molecule has 0 spiro atoms. The van der Waals surface area contributed by atoms with Gasteiger partial charge < -0.3 is 19.8 Å². The van der Waals surface area contributed by atoms with Crippen LogP contribution >= 0.6 is 0 Å². The molecule has 6 heteroatoms. The van der Waals surface area contributed by atoms with Crippen LogP contribution < -0.4 is 10.1 Å². The maximum Gasteiger partial charge on any atom is 0.220 e. The van der Waals surface area contributed by atoms with Crippen LogP contribution in [0.15, 0.2) is 48.5 Å². The van der Waals surface area contributed by atoms with Gasteiger partial charge in [-0.05, 0) is 42.7 Å². The summed E-state index contributed by atoms with van der Waals surface area (Å²) >= 11 is 0. The van der Waals surface area contributed by atoms with Crippen LogP contribution in [0.25, 0.3) is 11.0 Å². The van der Waals surface area contributed by atoms with Crippen molar-refractivity contribution in [3.63, 3.8) is 0 Å². The first-order chi connectivity index (χ1) is 13.8. The van der Waals surface area contributed by atoms with Gasteiger partial charge >= 0.3 is 0 Å². The van der Waals surface area contributed by atoms with Gasteiger partial charge in [-0.25, -0.2) is 4.98 Å². The van der Waals surface area contributed by atoms with Crippen molar-refractivity contribution in [3.8, 4) is 5.75 Å². The van der Waals surface area contributed by atoms with Gasteiger partial charge in [0, 0.05) is 26.0 Å². The van der Waals surface area contributed by atoms with E-state index in [4.69, 9.17) is 9.47 Å². The third-order valence-electron chi connectivity index (χ3n) is 4.90. The normalized spacial score (nSPS) is 16.4. The molecule has 0 radical (unpaired) electrons. The molecule has 0 saturated carbocycles. The summed E-state index contributed by atoms with van der Waals surface area (Å²) in [7, 11) is 0. The zero-order valence-corrected chi connectivity index (χ0v) is 15.8. The van der Waals surface area contributed by atoms with Crippen molar-refractivity contribution < 1.29 is 14.3 Å². The second kappa shape index (κ2) is 8.89. The number of aromatic nitrogens is 2. The van der Waals surface area contributed by atoms with Crippen molar-refractivity contribution in [3.05, 3.63) is 59.9 Å². The first-order valence-corrected chi connectivity index (χ1v) is 9.80. The van der Waals surface area contributed by atoms with E-state index in [1.807, 2.05) is 48.5 Å². The number of rotatable bonds is 8. The molecule has 1 saturated heterocycles. The van der Waals surface area contributed by atoms with Gasteiger partial charge in [0.15, 0.2) is 0 Å². The van der Waals surface area contributed by atoms with Gasteiger partial charge in [0.1, 0.15) is 18.2 Å². The van der Waals surface area contributed by atoms with Crippen LogP contribution in [0, 0.1) is 0 Å². The monoisotopic (exact) mass is 379 g/mol. The van der Waals surface area contributed by atoms with Gasteiger partial charge in [0.25, 0.3) is 0 Å². The second-order valence-electron chi connectivity index (χ2n) is 7.07. The molecule has 146 valence electrons. The third-order valence-corrected chi connectivity index (χ3v) is 4.90. The van der Waals surface area contributed by atoms with E-state index in [-0.39, 0.29) is 12.0 Å². The van der Waals surface area contributed by atoms with Crippen molar-refractivity contribution in [2.24, 2.45) is 0 Å². The van der Waals surface area contributed by atoms with Crippen LogP contribution in [0.4, 0.5) is 0 Å². The molecule has 3 aromatic rings. The summed E-state index contributed by atoms with van der Waals surface area (Å²) in [4.78, 5) is 19.9. The highest BCUT2D eigenvalue weighted by Gasteiger charge is 2.15. The van der Waals surface area contributed by atoms with E-state index in [0.717, 1.165) is 47.6 Å². The summed E-state index contributed by atoms with van der Waals surface area (Å²) in [5.41, 5.74) is 2.97. The quantitative estimate of drug-likeness (QED) is 0.629. The molecular formula is C22H25N3O3. The molecule has 1 aliphatic rings. The Morgan fingerprint density at radius 1 is 1.21 bits per heavy atom. The van der Waals surface area contributed by atoms with Crippen LogP contribution in [-0.2, 0) is 22.5 Å². The van der Waals surface area contributed by atoms with Crippen molar-refractivity contribution in [1.82, 2.24) is 15.3 Å². The first-order valence-electron chi connectivity index (χ1n) is 9.80. The summed E-state index contributed by atoms with van der Waals surface area (Å²) in [5.74, 6) is 1.68. The molecule has 0 aliphatic carbocycles. The van der Waals surface area contributed by atoms with Gasteiger partial charge in [0.05, 0.1) is 17.1 Å². The summed E-state index contributed by atoms with van der Waals surface area (Å²) < 4.78 is 11.3. The Kier molecular flexibility index (Phi) is 5.87. The number of para-hydroxylation sites is 2. The predicted octanol–water partition coefficient (Wildman–Crippen LogP) is 3.37. The molecule has 1 atom stereocenters. The Bertz CT molecular complexity index is 881. The maximum atomic E-state index is 12.1. The van der Waals surface area contributed by atoms with Gasteiger partial charge in [0.2, 0.25) is 5.91 Å². The Morgan fingerprint density at radius 3 is 2.86 bits per heavy atom. The fraction of sp³-hybridized carbons (Fsp3) is 0.364. The van der Waals surface area contributed by atoms with Crippen LogP contribution in [0.5, 0.6) is 5.75 Å². The molecule has 1 fully saturated rings. The van der Waals surface area contributed by atoms with Crippen molar-refractivity contribution in [2.45, 2.75) is 38.3 Å². The summed E-state index contributed by atoms with van der Waals surface area (Å²) in [6.45, 7) is 1.94. The molecule has 28 heavy (non-hydrogen) atoms. The number of aryl methyl sites for hydroxylation is 1. The molecule has 1 aromatic heterocycles. The Morgan fingerprint density at radius 2 is 2.07 bits per heavy atom. The lowest BCUT2D eigenvalue weighted by molar-refractivity contribution is -0.121. The first kappa shape index (κ1) is 18.5. The summed E-state index contributed by atoms with van der Waals surface area (Å²) in [6, 6.07) is 15.7. The van der Waals surface area contributed by atoms with E-state index in [2.05, 4.69) is 15.3 Å². The van der Waals surface area contributed by atoms with Crippen molar-refractivity contribution in [2.75, 3.05) is 13.2 Å². The highest BCUT2D eigenvalue weighted by molar-refractivity contribution is 5.77. The zero-order chi connectivity index (χ0) is 19.2. The minimum atomic E-state index is 0.0131. The SMILES string of the molecule is O=C(CCc1nc2ccccc2[nH]1)NCc1ccc(OCC2CCCO2)cc1. The van der Waals surface area contributed by atoms with E-state index >= 15 is 0 Å². The second-order valence-corrected chi connectivity index (χ2v) is 7.07. The van der Waals surface area contributed by atoms with Crippen LogP contribution in [0.1, 0.15) is 30.7 Å². The number of H-pyrrole nitrogens is 1. The van der Waals surface area contributed by atoms with Crippen molar-refractivity contribution in [1.29, 1.82) is 0 Å². The molecular weight excluding hydrogens is 354 g/mol. The lowest BCUT2D eigenvalue weighted by atomic mass is 10.2. The zero-order valence-electron chi connectivity index (χ0n) is 15.8. The number of amides is 1. The fourth-order valence-corrected chi connectivity index (χ4v) is 3.31. The number of nitrogens with zero attached hydrogens (tertiary/aromatic N) is 1. The predicted molar refractivity (Wildman–Crippen MR) is 107 cm³/mol. The number of hydrogen-bond donors (Lipinski definition) is 2. The van der Waals surface area contributed by atoms with Crippen LogP contribution in [0.2, 0.25) is 0 Å². The molecule has 4 rings (SSSR count). The molecule has 2 aromatic carbocycles. The number of fused-ring (bicyclic) bond motifs is 1. The molecule has 6 nitrogen and oxygen atoms in total. The maximum absolute atomic E-state index is 12.1.